The van der Waals surface area contributed by atoms with E-state index in [4.69, 9.17) is 14.7 Å². The first-order valence-electron chi connectivity index (χ1n) is 6.67. The second-order valence-electron chi connectivity index (χ2n) is 4.74. The minimum absolute atomic E-state index is 0.559. The van der Waals surface area contributed by atoms with Crippen LogP contribution < -0.4 is 10.1 Å². The van der Waals surface area contributed by atoms with Crippen molar-refractivity contribution in [2.24, 2.45) is 0 Å². The van der Waals surface area contributed by atoms with Gasteiger partial charge in [-0.05, 0) is 31.8 Å². The van der Waals surface area contributed by atoms with E-state index in [0.717, 1.165) is 31.8 Å². The average molecular weight is 277 g/mol. The number of ether oxygens (including phenoxy) is 2. The van der Waals surface area contributed by atoms with E-state index in [1.165, 1.54) is 0 Å². The van der Waals surface area contributed by atoms with E-state index in [0.29, 0.717) is 17.9 Å². The van der Waals surface area contributed by atoms with E-state index >= 15 is 0 Å². The fourth-order valence-corrected chi connectivity index (χ4v) is 1.66. The van der Waals surface area contributed by atoms with E-state index < -0.39 is 0 Å². The van der Waals surface area contributed by atoms with Crippen LogP contribution in [0.5, 0.6) is 5.75 Å². The summed E-state index contributed by atoms with van der Waals surface area (Å²) < 4.78 is 10.7. The summed E-state index contributed by atoms with van der Waals surface area (Å²) in [6.07, 6.45) is 0. The highest BCUT2D eigenvalue weighted by atomic mass is 16.5. The number of hydrogen-bond acceptors (Lipinski definition) is 5. The molecule has 0 radical (unpaired) electrons. The molecule has 5 nitrogen and oxygen atoms in total. The molecule has 0 aliphatic heterocycles. The van der Waals surface area contributed by atoms with Gasteiger partial charge in [-0.3, -0.25) is 0 Å². The van der Waals surface area contributed by atoms with Gasteiger partial charge in [0.2, 0.25) is 0 Å². The Balaban J connectivity index is 2.24. The lowest BCUT2D eigenvalue weighted by atomic mass is 10.1. The van der Waals surface area contributed by atoms with Crippen molar-refractivity contribution < 1.29 is 9.47 Å². The van der Waals surface area contributed by atoms with Crippen LogP contribution in [0.4, 0.5) is 0 Å². The lowest BCUT2D eigenvalue weighted by Crippen LogP contribution is -2.23. The third-order valence-corrected chi connectivity index (χ3v) is 2.82. The molecular weight excluding hydrogens is 254 g/mol. The third kappa shape index (κ3) is 6.02. The molecule has 110 valence electrons. The zero-order valence-corrected chi connectivity index (χ0v) is 12.5. The van der Waals surface area contributed by atoms with E-state index in [2.05, 4.69) is 16.3 Å². The Labute approximate surface area is 121 Å². The number of hydrogen-bond donors (Lipinski definition) is 1. The molecule has 0 aliphatic rings. The summed E-state index contributed by atoms with van der Waals surface area (Å²) in [6, 6.07) is 7.70. The molecule has 0 saturated heterocycles. The second-order valence-corrected chi connectivity index (χ2v) is 4.74. The van der Waals surface area contributed by atoms with Crippen LogP contribution >= 0.6 is 0 Å². The van der Waals surface area contributed by atoms with Crippen molar-refractivity contribution in [3.8, 4) is 11.8 Å². The molecule has 0 fully saturated rings. The summed E-state index contributed by atoms with van der Waals surface area (Å²) in [5, 5.41) is 12.2. The molecule has 0 unspecified atom stereocenters. The van der Waals surface area contributed by atoms with Gasteiger partial charge in [-0.15, -0.1) is 0 Å². The van der Waals surface area contributed by atoms with Crippen molar-refractivity contribution in [1.82, 2.24) is 10.2 Å². The number of likely N-dealkylation sites (N-methyl/N-ethyl adjacent to an activating group) is 1. The molecule has 0 amide bonds. The molecule has 20 heavy (non-hydrogen) atoms. The zero-order chi connectivity index (χ0) is 14.8. The molecule has 0 atom stereocenters. The minimum atomic E-state index is 0.559. The maximum Gasteiger partial charge on any atom is 0.136 e. The van der Waals surface area contributed by atoms with E-state index in [1.54, 1.807) is 13.2 Å². The minimum Gasteiger partial charge on any atom is -0.495 e. The summed E-state index contributed by atoms with van der Waals surface area (Å²) in [5.74, 6) is 0.619. The molecule has 1 aromatic carbocycles. The highest BCUT2D eigenvalue weighted by molar-refractivity contribution is 5.45. The molecule has 0 spiro atoms. The SMILES string of the molecule is COc1cc(CNCCOCCN(C)C)ccc1C#N. The Bertz CT molecular complexity index is 441. The Morgan fingerprint density at radius 2 is 2.10 bits per heavy atom. The first kappa shape index (κ1) is 16.4. The van der Waals surface area contributed by atoms with Crippen LogP contribution in [0, 0.1) is 11.3 Å². The van der Waals surface area contributed by atoms with Crippen molar-refractivity contribution in [1.29, 1.82) is 5.26 Å². The molecule has 0 heterocycles. The van der Waals surface area contributed by atoms with Gasteiger partial charge in [-0.1, -0.05) is 6.07 Å². The van der Waals surface area contributed by atoms with Crippen molar-refractivity contribution in [3.63, 3.8) is 0 Å². The van der Waals surface area contributed by atoms with Gasteiger partial charge in [0, 0.05) is 19.6 Å². The van der Waals surface area contributed by atoms with Crippen molar-refractivity contribution in [2.45, 2.75) is 6.54 Å². The van der Waals surface area contributed by atoms with Crippen LogP contribution in [0.15, 0.2) is 18.2 Å². The second kappa shape index (κ2) is 9.32. The molecule has 1 N–H and O–H groups in total. The monoisotopic (exact) mass is 277 g/mol. The van der Waals surface area contributed by atoms with Gasteiger partial charge < -0.3 is 19.7 Å². The predicted octanol–water partition coefficient (Wildman–Crippen LogP) is 1.23. The van der Waals surface area contributed by atoms with Crippen molar-refractivity contribution in [3.05, 3.63) is 29.3 Å². The van der Waals surface area contributed by atoms with Crippen LogP contribution in [0.1, 0.15) is 11.1 Å². The topological polar surface area (TPSA) is 57.5 Å². The maximum absolute atomic E-state index is 8.91. The Morgan fingerprint density at radius 1 is 1.30 bits per heavy atom. The van der Waals surface area contributed by atoms with Crippen LogP contribution in [0.25, 0.3) is 0 Å². The maximum atomic E-state index is 8.91. The smallest absolute Gasteiger partial charge is 0.136 e. The molecule has 5 heteroatoms. The molecule has 0 aliphatic carbocycles. The summed E-state index contributed by atoms with van der Waals surface area (Å²) in [6.45, 7) is 3.92. The van der Waals surface area contributed by atoms with Gasteiger partial charge in [0.1, 0.15) is 11.8 Å². The van der Waals surface area contributed by atoms with Crippen LogP contribution in [0.2, 0.25) is 0 Å². The zero-order valence-electron chi connectivity index (χ0n) is 12.5. The fraction of sp³-hybridized carbons (Fsp3) is 0.533. The number of nitriles is 1. The Morgan fingerprint density at radius 3 is 2.75 bits per heavy atom. The normalized spacial score (nSPS) is 10.6. The Hall–Kier alpha value is -1.61. The van der Waals surface area contributed by atoms with Crippen LogP contribution in [-0.4, -0.2) is 52.4 Å². The summed E-state index contributed by atoms with van der Waals surface area (Å²) in [4.78, 5) is 2.09. The Kier molecular flexibility index (Phi) is 7.66. The summed E-state index contributed by atoms with van der Waals surface area (Å²) >= 11 is 0. The summed E-state index contributed by atoms with van der Waals surface area (Å²) in [7, 11) is 5.63. The lowest BCUT2D eigenvalue weighted by Gasteiger charge is -2.10. The molecule has 1 rings (SSSR count). The van der Waals surface area contributed by atoms with E-state index in [-0.39, 0.29) is 0 Å². The van der Waals surface area contributed by atoms with Gasteiger partial charge >= 0.3 is 0 Å². The third-order valence-electron chi connectivity index (χ3n) is 2.82. The van der Waals surface area contributed by atoms with Gasteiger partial charge in [-0.2, -0.15) is 5.26 Å². The fourth-order valence-electron chi connectivity index (χ4n) is 1.66. The number of nitrogens with one attached hydrogen (secondary N) is 1. The molecule has 1 aromatic rings. The number of nitrogens with zero attached hydrogens (tertiary/aromatic N) is 2. The first-order chi connectivity index (χ1) is 9.67. The van der Waals surface area contributed by atoms with Crippen LogP contribution in [-0.2, 0) is 11.3 Å². The van der Waals surface area contributed by atoms with Gasteiger partial charge in [0.05, 0.1) is 25.9 Å². The van der Waals surface area contributed by atoms with Crippen molar-refractivity contribution >= 4 is 0 Å². The molecule has 0 aromatic heterocycles. The highest BCUT2D eigenvalue weighted by Gasteiger charge is 2.03. The molecule has 0 bridgehead atoms. The van der Waals surface area contributed by atoms with Crippen LogP contribution in [0.3, 0.4) is 0 Å². The number of methoxy groups -OCH3 is 1. The molecular formula is C15H23N3O2. The molecule has 0 saturated carbocycles. The standard InChI is InChI=1S/C15H23N3O2/c1-18(2)7-9-20-8-6-17-12-13-4-5-14(11-16)15(10-13)19-3/h4-5,10,17H,6-9,12H2,1-3H3. The van der Waals surface area contributed by atoms with Crippen molar-refractivity contribution in [2.75, 3.05) is 47.5 Å². The van der Waals surface area contributed by atoms with Gasteiger partial charge in [-0.25, -0.2) is 0 Å². The average Bonchev–Trinajstić information content (AvgIpc) is 2.45. The summed E-state index contributed by atoms with van der Waals surface area (Å²) in [5.41, 5.74) is 1.65. The number of rotatable bonds is 9. The van der Waals surface area contributed by atoms with Gasteiger partial charge in [0.15, 0.2) is 0 Å². The predicted molar refractivity (Wildman–Crippen MR) is 78.8 cm³/mol. The largest absolute Gasteiger partial charge is 0.495 e. The van der Waals surface area contributed by atoms with Gasteiger partial charge in [0.25, 0.3) is 0 Å². The quantitative estimate of drug-likeness (QED) is 0.688. The van der Waals surface area contributed by atoms with E-state index in [1.807, 2.05) is 26.2 Å². The highest BCUT2D eigenvalue weighted by Crippen LogP contribution is 2.18. The number of benzene rings is 1. The lowest BCUT2D eigenvalue weighted by molar-refractivity contribution is 0.119. The van der Waals surface area contributed by atoms with E-state index in [9.17, 15) is 0 Å². The first-order valence-corrected chi connectivity index (χ1v) is 6.67.